The third kappa shape index (κ3) is 4.26. The van der Waals surface area contributed by atoms with E-state index >= 15 is 0 Å². The average Bonchev–Trinajstić information content (AvgIpc) is 2.99. The van der Waals surface area contributed by atoms with Gasteiger partial charge in [0.15, 0.2) is 0 Å². The largest absolute Gasteiger partial charge is 0.347 e. The van der Waals surface area contributed by atoms with Gasteiger partial charge in [0, 0.05) is 10.2 Å². The number of halogens is 1. The zero-order chi connectivity index (χ0) is 18.1. The van der Waals surface area contributed by atoms with Crippen molar-refractivity contribution in [3.05, 3.63) is 39.9 Å². The molecule has 130 valence electrons. The number of allylic oxidation sites excluding steroid dienone is 2. The average molecular weight is 393 g/mol. The monoisotopic (exact) mass is 392 g/mol. The molecule has 2 rings (SSSR count). The zero-order valence-electron chi connectivity index (χ0n) is 14.9. The molecule has 0 bridgehead atoms. The van der Waals surface area contributed by atoms with Gasteiger partial charge >= 0.3 is 0 Å². The fourth-order valence-corrected chi connectivity index (χ4v) is 3.56. The van der Waals surface area contributed by atoms with Crippen molar-refractivity contribution in [1.29, 1.82) is 0 Å². The maximum absolute atomic E-state index is 12.4. The van der Waals surface area contributed by atoms with E-state index in [1.165, 1.54) is 5.57 Å². The second-order valence-corrected chi connectivity index (χ2v) is 8.21. The standard InChI is InChI=1S/C19H25BrN2O2/c1-11(2)8-14-17(19(14,4)5)18(24)21-10-16(23)22-15-7-6-13(20)9-12(15)3/h6-9,14,17H,10H2,1-5H3,(H,21,24)(H,22,23)/t14-,17-/m0/s1. The molecular formula is C19H25BrN2O2. The molecule has 0 aliphatic heterocycles. The van der Waals surface area contributed by atoms with Crippen LogP contribution in [0.5, 0.6) is 0 Å². The van der Waals surface area contributed by atoms with E-state index < -0.39 is 0 Å². The van der Waals surface area contributed by atoms with E-state index in [4.69, 9.17) is 0 Å². The van der Waals surface area contributed by atoms with Crippen LogP contribution in [0.25, 0.3) is 0 Å². The predicted octanol–water partition coefficient (Wildman–Crippen LogP) is 4.05. The van der Waals surface area contributed by atoms with Crippen LogP contribution in [0.3, 0.4) is 0 Å². The number of nitrogens with one attached hydrogen (secondary N) is 2. The Morgan fingerprint density at radius 2 is 1.96 bits per heavy atom. The van der Waals surface area contributed by atoms with Gasteiger partial charge in [-0.05, 0) is 55.9 Å². The number of aryl methyl sites for hydroxylation is 1. The van der Waals surface area contributed by atoms with Crippen molar-refractivity contribution in [1.82, 2.24) is 5.32 Å². The Hall–Kier alpha value is -1.62. The van der Waals surface area contributed by atoms with Gasteiger partial charge in [-0.3, -0.25) is 9.59 Å². The molecule has 5 heteroatoms. The quantitative estimate of drug-likeness (QED) is 0.742. The summed E-state index contributed by atoms with van der Waals surface area (Å²) in [6, 6.07) is 5.65. The lowest BCUT2D eigenvalue weighted by atomic mass is 10.1. The molecule has 1 aliphatic carbocycles. The van der Waals surface area contributed by atoms with Crippen molar-refractivity contribution in [2.75, 3.05) is 11.9 Å². The van der Waals surface area contributed by atoms with Gasteiger partial charge in [0.25, 0.3) is 0 Å². The first kappa shape index (κ1) is 18.7. The van der Waals surface area contributed by atoms with Crippen molar-refractivity contribution in [3.63, 3.8) is 0 Å². The van der Waals surface area contributed by atoms with Crippen molar-refractivity contribution in [2.45, 2.75) is 34.6 Å². The number of hydrogen-bond acceptors (Lipinski definition) is 2. The Labute approximate surface area is 152 Å². The van der Waals surface area contributed by atoms with Gasteiger partial charge in [-0.1, -0.05) is 41.4 Å². The molecule has 0 spiro atoms. The highest BCUT2D eigenvalue weighted by atomic mass is 79.9. The SMILES string of the molecule is CC(C)=C[C@H]1[C@@H](C(=O)NCC(=O)Nc2ccc(Br)cc2C)C1(C)C. The Morgan fingerprint density at radius 1 is 1.29 bits per heavy atom. The summed E-state index contributed by atoms with van der Waals surface area (Å²) in [4.78, 5) is 24.4. The smallest absolute Gasteiger partial charge is 0.243 e. The number of rotatable bonds is 5. The summed E-state index contributed by atoms with van der Waals surface area (Å²) >= 11 is 3.39. The summed E-state index contributed by atoms with van der Waals surface area (Å²) < 4.78 is 0.965. The summed E-state index contributed by atoms with van der Waals surface area (Å²) in [6.07, 6.45) is 2.15. The molecular weight excluding hydrogens is 368 g/mol. The van der Waals surface area contributed by atoms with Crippen LogP contribution in [-0.2, 0) is 9.59 Å². The minimum absolute atomic E-state index is 0.0114. The van der Waals surface area contributed by atoms with Crippen molar-refractivity contribution < 1.29 is 9.59 Å². The molecule has 2 atom stereocenters. The summed E-state index contributed by atoms with van der Waals surface area (Å²) in [7, 11) is 0. The highest BCUT2D eigenvalue weighted by Gasteiger charge is 2.60. The molecule has 0 aromatic heterocycles. The molecule has 1 saturated carbocycles. The van der Waals surface area contributed by atoms with E-state index in [0.29, 0.717) is 0 Å². The molecule has 0 radical (unpaired) electrons. The molecule has 1 aliphatic rings. The van der Waals surface area contributed by atoms with E-state index in [9.17, 15) is 9.59 Å². The molecule has 1 aromatic rings. The maximum atomic E-state index is 12.4. The molecule has 1 fully saturated rings. The molecule has 1 aromatic carbocycles. The summed E-state index contributed by atoms with van der Waals surface area (Å²) in [5, 5.41) is 5.59. The van der Waals surface area contributed by atoms with E-state index in [0.717, 1.165) is 15.7 Å². The van der Waals surface area contributed by atoms with Gasteiger partial charge in [-0.15, -0.1) is 0 Å². The van der Waals surface area contributed by atoms with Crippen LogP contribution < -0.4 is 10.6 Å². The minimum Gasteiger partial charge on any atom is -0.347 e. The zero-order valence-corrected chi connectivity index (χ0v) is 16.5. The van der Waals surface area contributed by atoms with Gasteiger partial charge in [0.1, 0.15) is 0 Å². The molecule has 2 N–H and O–H groups in total. The summed E-state index contributed by atoms with van der Waals surface area (Å²) in [5.41, 5.74) is 2.90. The highest BCUT2D eigenvalue weighted by Crippen LogP contribution is 2.59. The van der Waals surface area contributed by atoms with Crippen LogP contribution in [0.1, 0.15) is 33.3 Å². The van der Waals surface area contributed by atoms with Gasteiger partial charge in [0.2, 0.25) is 11.8 Å². The third-order valence-electron chi connectivity index (χ3n) is 4.59. The lowest BCUT2D eigenvalue weighted by Gasteiger charge is -2.10. The predicted molar refractivity (Wildman–Crippen MR) is 101 cm³/mol. The van der Waals surface area contributed by atoms with E-state index in [1.54, 1.807) is 0 Å². The second-order valence-electron chi connectivity index (χ2n) is 7.29. The van der Waals surface area contributed by atoms with Crippen LogP contribution in [-0.4, -0.2) is 18.4 Å². The molecule has 24 heavy (non-hydrogen) atoms. The first-order valence-corrected chi connectivity index (χ1v) is 8.91. The molecule has 4 nitrogen and oxygen atoms in total. The van der Waals surface area contributed by atoms with E-state index in [-0.39, 0.29) is 35.6 Å². The maximum Gasteiger partial charge on any atom is 0.243 e. The number of anilines is 1. The fraction of sp³-hybridized carbons (Fsp3) is 0.474. The van der Waals surface area contributed by atoms with Crippen molar-refractivity contribution in [3.8, 4) is 0 Å². The molecule has 2 amide bonds. The van der Waals surface area contributed by atoms with Gasteiger partial charge < -0.3 is 10.6 Å². The van der Waals surface area contributed by atoms with Crippen LogP contribution in [0.15, 0.2) is 34.3 Å². The Kier molecular flexibility index (Phi) is 5.53. The van der Waals surface area contributed by atoms with Gasteiger partial charge in [-0.2, -0.15) is 0 Å². The molecule has 0 saturated heterocycles. The van der Waals surface area contributed by atoms with Crippen molar-refractivity contribution >= 4 is 33.4 Å². The minimum atomic E-state index is -0.217. The number of hydrogen-bond donors (Lipinski definition) is 2. The van der Waals surface area contributed by atoms with Crippen LogP contribution in [0, 0.1) is 24.2 Å². The third-order valence-corrected chi connectivity index (χ3v) is 5.09. The fourth-order valence-electron chi connectivity index (χ4n) is 3.09. The number of carbonyl (C=O) groups is 2. The van der Waals surface area contributed by atoms with Crippen LogP contribution >= 0.6 is 15.9 Å². The number of carbonyl (C=O) groups excluding carboxylic acids is 2. The van der Waals surface area contributed by atoms with E-state index in [1.807, 2.05) is 39.0 Å². The van der Waals surface area contributed by atoms with Crippen molar-refractivity contribution in [2.24, 2.45) is 17.3 Å². The molecule has 0 unspecified atom stereocenters. The van der Waals surface area contributed by atoms with E-state index in [2.05, 4.69) is 46.5 Å². The first-order valence-electron chi connectivity index (χ1n) is 8.11. The van der Waals surface area contributed by atoms with Gasteiger partial charge in [-0.25, -0.2) is 0 Å². The lowest BCUT2D eigenvalue weighted by Crippen LogP contribution is -2.34. The Balaban J connectivity index is 1.88. The summed E-state index contributed by atoms with van der Waals surface area (Å²) in [5.74, 6) is -0.0786. The van der Waals surface area contributed by atoms with Crippen LogP contribution in [0.2, 0.25) is 0 Å². The normalized spacial score (nSPS) is 20.9. The Bertz CT molecular complexity index is 691. The topological polar surface area (TPSA) is 58.2 Å². The van der Waals surface area contributed by atoms with Crippen LogP contribution in [0.4, 0.5) is 5.69 Å². The molecule has 0 heterocycles. The summed E-state index contributed by atoms with van der Waals surface area (Å²) in [6.45, 7) is 10.2. The number of benzene rings is 1. The van der Waals surface area contributed by atoms with Gasteiger partial charge in [0.05, 0.1) is 12.5 Å². The first-order chi connectivity index (χ1) is 11.1. The number of amides is 2. The Morgan fingerprint density at radius 3 is 2.54 bits per heavy atom. The highest BCUT2D eigenvalue weighted by molar-refractivity contribution is 9.10. The lowest BCUT2D eigenvalue weighted by molar-refractivity contribution is -0.125. The second kappa shape index (κ2) is 7.09.